The van der Waals surface area contributed by atoms with Crippen molar-refractivity contribution in [1.82, 2.24) is 0 Å². The molecular formula is C22H23FN3O+. The van der Waals surface area contributed by atoms with Crippen LogP contribution in [0.1, 0.15) is 24.2 Å². The molecule has 2 atom stereocenters. The summed E-state index contributed by atoms with van der Waals surface area (Å²) in [5, 5.41) is 9.63. The molecule has 0 amide bonds. The Bertz CT molecular complexity index is 895. The van der Waals surface area contributed by atoms with Crippen LogP contribution in [0, 0.1) is 11.2 Å². The van der Waals surface area contributed by atoms with Gasteiger partial charge >= 0.3 is 0 Å². The van der Waals surface area contributed by atoms with Gasteiger partial charge < -0.3 is 15.9 Å². The van der Waals surface area contributed by atoms with Gasteiger partial charge in [0.2, 0.25) is 0 Å². The third-order valence-corrected chi connectivity index (χ3v) is 4.27. The van der Waals surface area contributed by atoms with Gasteiger partial charge in [0.15, 0.2) is 0 Å². The van der Waals surface area contributed by atoms with Crippen molar-refractivity contribution < 1.29 is 14.4 Å². The van der Waals surface area contributed by atoms with Gasteiger partial charge in [0.1, 0.15) is 29.0 Å². The average Bonchev–Trinajstić information content (AvgIpc) is 2.69. The van der Waals surface area contributed by atoms with Crippen LogP contribution in [-0.2, 0) is 0 Å². The smallest absolute Gasteiger partial charge is 0.143 e. The third kappa shape index (κ3) is 4.78. The Labute approximate surface area is 158 Å². The molecule has 0 heterocycles. The molecule has 0 spiro atoms. The Hall–Kier alpha value is -3.02. The first-order valence-corrected chi connectivity index (χ1v) is 8.79. The minimum Gasteiger partial charge on any atom is -0.484 e. The van der Waals surface area contributed by atoms with Crippen LogP contribution in [0.25, 0.3) is 0 Å². The molecule has 0 unspecified atom stereocenters. The molecule has 0 aromatic heterocycles. The highest BCUT2D eigenvalue weighted by molar-refractivity contribution is 5.83. The van der Waals surface area contributed by atoms with Gasteiger partial charge in [0.25, 0.3) is 0 Å². The van der Waals surface area contributed by atoms with E-state index in [-0.39, 0.29) is 18.0 Å². The van der Waals surface area contributed by atoms with Gasteiger partial charge in [-0.15, -0.1) is 0 Å². The van der Waals surface area contributed by atoms with E-state index in [1.165, 1.54) is 18.3 Å². The zero-order valence-corrected chi connectivity index (χ0v) is 15.1. The highest BCUT2D eigenvalue weighted by Crippen LogP contribution is 2.26. The summed E-state index contributed by atoms with van der Waals surface area (Å²) >= 11 is 0. The Morgan fingerprint density at radius 2 is 1.74 bits per heavy atom. The van der Waals surface area contributed by atoms with Crippen LogP contribution in [0.5, 0.6) is 5.75 Å². The van der Waals surface area contributed by atoms with Crippen LogP contribution >= 0.6 is 0 Å². The fraction of sp³-hybridized carbons (Fsp3) is 0.136. The van der Waals surface area contributed by atoms with Crippen molar-refractivity contribution in [3.8, 4) is 5.75 Å². The molecule has 138 valence electrons. The van der Waals surface area contributed by atoms with Crippen LogP contribution in [-0.4, -0.2) is 12.3 Å². The van der Waals surface area contributed by atoms with E-state index in [2.05, 4.69) is 0 Å². The fourth-order valence-electron chi connectivity index (χ4n) is 2.89. The van der Waals surface area contributed by atoms with Crippen molar-refractivity contribution >= 4 is 17.6 Å². The summed E-state index contributed by atoms with van der Waals surface area (Å²) in [4.78, 5) is 0. The number of quaternary nitrogens is 1. The molecule has 0 radical (unpaired) electrons. The molecule has 3 rings (SSSR count). The van der Waals surface area contributed by atoms with Crippen molar-refractivity contribution in [2.24, 2.45) is 5.73 Å². The van der Waals surface area contributed by atoms with Gasteiger partial charge in [-0.1, -0.05) is 30.3 Å². The topological polar surface area (TPSA) is 75.7 Å². The first-order chi connectivity index (χ1) is 13.1. The number of hydrogen-bond acceptors (Lipinski definition) is 3. The first kappa shape index (κ1) is 18.8. The van der Waals surface area contributed by atoms with Gasteiger partial charge in [0, 0.05) is 30.5 Å². The largest absolute Gasteiger partial charge is 0.484 e. The van der Waals surface area contributed by atoms with Crippen molar-refractivity contribution in [3.63, 3.8) is 0 Å². The quantitative estimate of drug-likeness (QED) is 0.440. The summed E-state index contributed by atoms with van der Waals surface area (Å²) in [6.07, 6.45) is 1.00. The van der Waals surface area contributed by atoms with E-state index in [4.69, 9.17) is 15.9 Å². The molecule has 3 aromatic carbocycles. The van der Waals surface area contributed by atoms with Gasteiger partial charge in [0.05, 0.1) is 5.56 Å². The average molecular weight is 364 g/mol. The number of nitrogens with two attached hydrogens (primary N) is 2. The summed E-state index contributed by atoms with van der Waals surface area (Å²) in [6.45, 7) is 1.91. The van der Waals surface area contributed by atoms with Crippen LogP contribution in [0.3, 0.4) is 0 Å². The summed E-state index contributed by atoms with van der Waals surface area (Å²) < 4.78 is 19.2. The number of ether oxygens (including phenoxy) is 1. The second-order valence-corrected chi connectivity index (χ2v) is 6.44. The number of rotatable bonds is 7. The standard InChI is InChI=1S/C22H22FN3O/c1-15(25)22(16-5-3-2-4-6-16)27-20-11-12-21(17(13-20)14-24)26-19-9-7-18(23)8-10-19/h2-15,22,24,26H,25H2,1H3/p+1/t15-,22-/m0/s1. The third-order valence-electron chi connectivity index (χ3n) is 4.27. The number of halogens is 1. The fourth-order valence-corrected chi connectivity index (χ4v) is 2.89. The molecule has 0 fully saturated rings. The number of benzene rings is 3. The maximum Gasteiger partial charge on any atom is 0.143 e. The van der Waals surface area contributed by atoms with E-state index < -0.39 is 0 Å². The summed E-state index contributed by atoms with van der Waals surface area (Å²) in [5.74, 6) is 0.377. The van der Waals surface area contributed by atoms with Gasteiger partial charge in [-0.25, -0.2) is 4.39 Å². The molecule has 3 aromatic rings. The maximum absolute atomic E-state index is 13.1. The highest BCUT2D eigenvalue weighted by Gasteiger charge is 2.19. The number of hydrogen-bond donors (Lipinski definition) is 3. The Balaban J connectivity index is 1.82. The SMILES string of the molecule is C[C@H](N)[C@H](Oc1ccc([NH2+]c2ccc(F)cc2)c(C=N)c1)c1ccccc1. The van der Waals surface area contributed by atoms with E-state index in [1.807, 2.05) is 60.8 Å². The Morgan fingerprint density at radius 3 is 2.37 bits per heavy atom. The highest BCUT2D eigenvalue weighted by atomic mass is 19.1. The van der Waals surface area contributed by atoms with Crippen LogP contribution in [0.2, 0.25) is 0 Å². The first-order valence-electron chi connectivity index (χ1n) is 8.79. The molecule has 0 bridgehead atoms. The molecular weight excluding hydrogens is 341 g/mol. The van der Waals surface area contributed by atoms with E-state index >= 15 is 0 Å². The van der Waals surface area contributed by atoms with Crippen molar-refractivity contribution in [2.75, 3.05) is 0 Å². The predicted octanol–water partition coefficient (Wildman–Crippen LogP) is 3.82. The zero-order valence-electron chi connectivity index (χ0n) is 15.1. The van der Waals surface area contributed by atoms with Gasteiger partial charge in [-0.3, -0.25) is 5.32 Å². The second-order valence-electron chi connectivity index (χ2n) is 6.44. The minimum absolute atomic E-state index is 0.193. The van der Waals surface area contributed by atoms with Crippen molar-refractivity contribution in [1.29, 1.82) is 5.41 Å². The van der Waals surface area contributed by atoms with Gasteiger partial charge in [-0.05, 0) is 36.8 Å². The molecule has 0 saturated heterocycles. The molecule has 4 nitrogen and oxygen atoms in total. The minimum atomic E-state index is -0.281. The Morgan fingerprint density at radius 1 is 1.04 bits per heavy atom. The predicted molar refractivity (Wildman–Crippen MR) is 105 cm³/mol. The summed E-state index contributed by atoms with van der Waals surface area (Å²) in [6, 6.07) is 21.5. The van der Waals surface area contributed by atoms with Gasteiger partial charge in [-0.2, -0.15) is 0 Å². The van der Waals surface area contributed by atoms with Crippen molar-refractivity contribution in [3.05, 3.63) is 89.7 Å². The molecule has 0 aliphatic heterocycles. The monoisotopic (exact) mass is 364 g/mol. The summed E-state index contributed by atoms with van der Waals surface area (Å²) in [7, 11) is 0. The lowest BCUT2D eigenvalue weighted by molar-refractivity contribution is -0.478. The molecule has 5 heteroatoms. The lowest BCUT2D eigenvalue weighted by atomic mass is 10.0. The molecule has 27 heavy (non-hydrogen) atoms. The van der Waals surface area contributed by atoms with Crippen LogP contribution < -0.4 is 15.8 Å². The van der Waals surface area contributed by atoms with Crippen LogP contribution in [0.4, 0.5) is 15.8 Å². The van der Waals surface area contributed by atoms with E-state index in [1.54, 1.807) is 12.1 Å². The second kappa shape index (κ2) is 8.58. The normalized spacial score (nSPS) is 13.0. The lowest BCUT2D eigenvalue weighted by Gasteiger charge is -2.23. The van der Waals surface area contributed by atoms with E-state index in [9.17, 15) is 4.39 Å². The molecule has 5 N–H and O–H groups in total. The summed E-state index contributed by atoms with van der Waals surface area (Å²) in [5.41, 5.74) is 9.57. The molecule has 0 saturated carbocycles. The number of nitrogens with one attached hydrogen (secondary N) is 1. The van der Waals surface area contributed by atoms with E-state index in [0.29, 0.717) is 11.3 Å². The van der Waals surface area contributed by atoms with Crippen LogP contribution in [0.15, 0.2) is 72.8 Å². The zero-order chi connectivity index (χ0) is 19.2. The lowest BCUT2D eigenvalue weighted by Crippen LogP contribution is -2.71. The Kier molecular flexibility index (Phi) is 5.96. The molecule has 0 aliphatic rings. The van der Waals surface area contributed by atoms with Crippen molar-refractivity contribution in [2.45, 2.75) is 19.1 Å². The molecule has 0 aliphatic carbocycles. The maximum atomic E-state index is 13.1. The van der Waals surface area contributed by atoms with E-state index in [0.717, 1.165) is 16.9 Å².